The van der Waals surface area contributed by atoms with Gasteiger partial charge in [0.25, 0.3) is 0 Å². The third-order valence-corrected chi connectivity index (χ3v) is 4.68. The number of fused-ring (bicyclic) bond motifs is 2. The Hall–Kier alpha value is -1.48. The molecule has 0 bridgehead atoms. The van der Waals surface area contributed by atoms with Gasteiger partial charge in [-0.2, -0.15) is 0 Å². The Balaban J connectivity index is 1.84. The molecular formula is C15H15ClN2O. The lowest BCUT2D eigenvalue weighted by atomic mass is 9.94. The number of rotatable bonds is 1. The van der Waals surface area contributed by atoms with Crippen molar-refractivity contribution >= 4 is 28.9 Å². The number of carbonyl (C=O) groups excluding carboxylic acids is 1. The van der Waals surface area contributed by atoms with Gasteiger partial charge < -0.3 is 10.6 Å². The third-order valence-electron chi connectivity index (χ3n) is 4.38. The Morgan fingerprint density at radius 1 is 1.26 bits per heavy atom. The minimum atomic E-state index is -0.274. The summed E-state index contributed by atoms with van der Waals surface area (Å²) in [6.45, 7) is 1.00. The summed E-state index contributed by atoms with van der Waals surface area (Å²) in [5, 5.41) is 7.00. The van der Waals surface area contributed by atoms with E-state index in [1.54, 1.807) is 0 Å². The molecule has 2 aliphatic heterocycles. The molecule has 1 amide bonds. The van der Waals surface area contributed by atoms with E-state index < -0.39 is 0 Å². The van der Waals surface area contributed by atoms with Crippen LogP contribution in [0.15, 0.2) is 18.2 Å². The van der Waals surface area contributed by atoms with Crippen LogP contribution in [-0.4, -0.2) is 12.5 Å². The lowest BCUT2D eigenvalue weighted by Crippen LogP contribution is -2.19. The quantitative estimate of drug-likeness (QED) is 0.826. The number of allylic oxidation sites excluding steroid dienone is 1. The molecule has 19 heavy (non-hydrogen) atoms. The van der Waals surface area contributed by atoms with Gasteiger partial charge in [0, 0.05) is 12.2 Å². The van der Waals surface area contributed by atoms with E-state index >= 15 is 0 Å². The van der Waals surface area contributed by atoms with E-state index in [2.05, 4.69) is 22.8 Å². The maximum atomic E-state index is 12.1. The smallest absolute Gasteiger partial charge is 0.235 e. The topological polar surface area (TPSA) is 41.1 Å². The standard InChI is InChI=1S/C15H15ClN2O/c16-11-8-9(12-3-1-2-6-17-12)7-10-13(11)18-14(19)15(10)4-5-15/h3,7-8,17H,1-2,4-6H2,(H,18,19). The van der Waals surface area contributed by atoms with Gasteiger partial charge in [0.15, 0.2) is 0 Å². The van der Waals surface area contributed by atoms with E-state index in [1.807, 2.05) is 6.07 Å². The highest BCUT2D eigenvalue weighted by Gasteiger charge is 2.56. The largest absolute Gasteiger partial charge is 0.385 e. The van der Waals surface area contributed by atoms with Crippen LogP contribution in [0.1, 0.15) is 36.8 Å². The molecule has 0 aromatic heterocycles. The maximum Gasteiger partial charge on any atom is 0.235 e. The average molecular weight is 275 g/mol. The van der Waals surface area contributed by atoms with Crippen LogP contribution >= 0.6 is 11.6 Å². The molecule has 3 nitrogen and oxygen atoms in total. The number of carbonyl (C=O) groups is 1. The molecule has 0 radical (unpaired) electrons. The van der Waals surface area contributed by atoms with Crippen molar-refractivity contribution in [3.05, 3.63) is 34.4 Å². The zero-order valence-corrected chi connectivity index (χ0v) is 11.3. The Kier molecular flexibility index (Phi) is 2.25. The second-order valence-electron chi connectivity index (χ2n) is 5.60. The van der Waals surface area contributed by atoms with E-state index in [0.717, 1.165) is 48.3 Å². The SMILES string of the molecule is O=C1Nc2c(Cl)cc(C3=CCCCN3)cc2C12CC2. The lowest BCUT2D eigenvalue weighted by molar-refractivity contribution is -0.117. The first kappa shape index (κ1) is 11.4. The Labute approximate surface area is 117 Å². The molecule has 1 saturated carbocycles. The van der Waals surface area contributed by atoms with E-state index in [1.165, 1.54) is 6.42 Å². The first-order valence-corrected chi connectivity index (χ1v) is 7.18. The Morgan fingerprint density at radius 3 is 2.79 bits per heavy atom. The van der Waals surface area contributed by atoms with Crippen molar-refractivity contribution in [1.82, 2.24) is 5.32 Å². The van der Waals surface area contributed by atoms with Crippen LogP contribution in [0, 0.1) is 0 Å². The number of benzene rings is 1. The van der Waals surface area contributed by atoms with Gasteiger partial charge in [-0.15, -0.1) is 0 Å². The van der Waals surface area contributed by atoms with Crippen molar-refractivity contribution in [3.63, 3.8) is 0 Å². The van der Waals surface area contributed by atoms with Gasteiger partial charge in [-0.05, 0) is 48.9 Å². The molecule has 2 N–H and O–H groups in total. The molecule has 4 heteroatoms. The Morgan fingerprint density at radius 2 is 2.11 bits per heavy atom. The molecule has 98 valence electrons. The third kappa shape index (κ3) is 1.54. The molecular weight excluding hydrogens is 260 g/mol. The fourth-order valence-electron chi connectivity index (χ4n) is 3.11. The van der Waals surface area contributed by atoms with E-state index in [4.69, 9.17) is 11.6 Å². The van der Waals surface area contributed by atoms with Crippen LogP contribution in [0.5, 0.6) is 0 Å². The van der Waals surface area contributed by atoms with Crippen LogP contribution in [0.2, 0.25) is 5.02 Å². The Bertz CT molecular complexity index is 617. The molecule has 2 heterocycles. The predicted octanol–water partition coefficient (Wildman–Crippen LogP) is 3.05. The molecule has 3 aliphatic rings. The summed E-state index contributed by atoms with van der Waals surface area (Å²) < 4.78 is 0. The number of amides is 1. The number of hydrogen-bond donors (Lipinski definition) is 2. The maximum absolute atomic E-state index is 12.1. The highest BCUT2D eigenvalue weighted by atomic mass is 35.5. The average Bonchev–Trinajstić information content (AvgIpc) is 3.17. The molecule has 4 rings (SSSR count). The first-order chi connectivity index (χ1) is 9.21. The fourth-order valence-corrected chi connectivity index (χ4v) is 3.37. The zero-order chi connectivity index (χ0) is 13.0. The van der Waals surface area contributed by atoms with Crippen LogP contribution in [0.25, 0.3) is 5.70 Å². The highest BCUT2D eigenvalue weighted by molar-refractivity contribution is 6.35. The van der Waals surface area contributed by atoms with Crippen LogP contribution in [-0.2, 0) is 10.2 Å². The minimum Gasteiger partial charge on any atom is -0.385 e. The van der Waals surface area contributed by atoms with Crippen molar-refractivity contribution in [1.29, 1.82) is 0 Å². The first-order valence-electron chi connectivity index (χ1n) is 6.81. The second-order valence-corrected chi connectivity index (χ2v) is 6.01. The number of nitrogens with one attached hydrogen (secondary N) is 2. The van der Waals surface area contributed by atoms with Crippen molar-refractivity contribution in [2.24, 2.45) is 0 Å². The summed E-state index contributed by atoms with van der Waals surface area (Å²) in [6, 6.07) is 4.09. The van der Waals surface area contributed by atoms with Crippen LogP contribution < -0.4 is 10.6 Å². The van der Waals surface area contributed by atoms with Gasteiger partial charge in [-0.1, -0.05) is 17.7 Å². The molecule has 1 aliphatic carbocycles. The zero-order valence-electron chi connectivity index (χ0n) is 10.6. The molecule has 1 aromatic carbocycles. The predicted molar refractivity (Wildman–Crippen MR) is 76.2 cm³/mol. The number of anilines is 1. The van der Waals surface area contributed by atoms with E-state index in [9.17, 15) is 4.79 Å². The summed E-state index contributed by atoms with van der Waals surface area (Å²) in [7, 11) is 0. The van der Waals surface area contributed by atoms with Gasteiger partial charge in [-0.3, -0.25) is 4.79 Å². The van der Waals surface area contributed by atoms with Crippen LogP contribution in [0.3, 0.4) is 0 Å². The summed E-state index contributed by atoms with van der Waals surface area (Å²) >= 11 is 6.34. The van der Waals surface area contributed by atoms with Gasteiger partial charge in [-0.25, -0.2) is 0 Å². The molecule has 1 aromatic rings. The van der Waals surface area contributed by atoms with Crippen molar-refractivity contribution < 1.29 is 4.79 Å². The molecule has 1 fully saturated rings. The summed E-state index contributed by atoms with van der Waals surface area (Å²) in [6.07, 6.45) is 6.37. The summed E-state index contributed by atoms with van der Waals surface area (Å²) in [4.78, 5) is 12.1. The fraction of sp³-hybridized carbons (Fsp3) is 0.400. The van der Waals surface area contributed by atoms with Crippen molar-refractivity contribution in [2.45, 2.75) is 31.1 Å². The molecule has 0 atom stereocenters. The van der Waals surface area contributed by atoms with Gasteiger partial charge in [0.1, 0.15) is 0 Å². The second kappa shape index (κ2) is 3.76. The number of halogens is 1. The minimum absolute atomic E-state index is 0.118. The molecule has 0 unspecified atom stereocenters. The normalized spacial score (nSPS) is 22.6. The molecule has 1 spiro atoms. The monoisotopic (exact) mass is 274 g/mol. The highest BCUT2D eigenvalue weighted by Crippen LogP contribution is 2.57. The van der Waals surface area contributed by atoms with Gasteiger partial charge in [0.2, 0.25) is 5.91 Å². The summed E-state index contributed by atoms with van der Waals surface area (Å²) in [5.41, 5.74) is 3.89. The van der Waals surface area contributed by atoms with E-state index in [-0.39, 0.29) is 11.3 Å². The lowest BCUT2D eigenvalue weighted by Gasteiger charge is -2.17. The number of hydrogen-bond acceptors (Lipinski definition) is 2. The van der Waals surface area contributed by atoms with Gasteiger partial charge in [0.05, 0.1) is 16.1 Å². The summed E-state index contributed by atoms with van der Waals surface area (Å²) in [5.74, 6) is 0.118. The molecule has 0 saturated heterocycles. The van der Waals surface area contributed by atoms with Crippen molar-refractivity contribution in [2.75, 3.05) is 11.9 Å². The van der Waals surface area contributed by atoms with Gasteiger partial charge >= 0.3 is 0 Å². The van der Waals surface area contributed by atoms with Crippen LogP contribution in [0.4, 0.5) is 5.69 Å². The van der Waals surface area contributed by atoms with E-state index in [0.29, 0.717) is 5.02 Å². The van der Waals surface area contributed by atoms with Crippen molar-refractivity contribution in [3.8, 4) is 0 Å².